The van der Waals surface area contributed by atoms with Crippen LogP contribution in [0.15, 0.2) is 78.5 Å². The second-order valence-corrected chi connectivity index (χ2v) is 7.13. The van der Waals surface area contributed by atoms with Crippen LogP contribution in [0, 0.1) is 11.3 Å². The molecule has 0 aliphatic carbocycles. The molecule has 0 spiro atoms. The average Bonchev–Trinajstić information content (AvgIpc) is 3.04. The first-order valence-electron chi connectivity index (χ1n) is 9.32. The van der Waals surface area contributed by atoms with Crippen LogP contribution in [0.25, 0.3) is 5.57 Å². The van der Waals surface area contributed by atoms with Gasteiger partial charge in [-0.1, -0.05) is 41.9 Å². The molecular formula is C24H16ClN3O3. The van der Waals surface area contributed by atoms with E-state index in [1.54, 1.807) is 66.7 Å². The Labute approximate surface area is 183 Å². The predicted molar refractivity (Wildman–Crippen MR) is 119 cm³/mol. The van der Waals surface area contributed by atoms with Crippen molar-refractivity contribution >= 4 is 40.4 Å². The van der Waals surface area contributed by atoms with Crippen molar-refractivity contribution in [2.75, 3.05) is 17.3 Å². The van der Waals surface area contributed by atoms with Gasteiger partial charge in [0.15, 0.2) is 0 Å². The van der Waals surface area contributed by atoms with Gasteiger partial charge in [-0.3, -0.25) is 9.59 Å². The van der Waals surface area contributed by atoms with E-state index >= 15 is 0 Å². The van der Waals surface area contributed by atoms with Gasteiger partial charge in [-0.25, -0.2) is 4.90 Å². The third kappa shape index (κ3) is 3.75. The van der Waals surface area contributed by atoms with Crippen LogP contribution in [0.5, 0.6) is 5.75 Å². The Balaban J connectivity index is 1.83. The molecule has 1 aliphatic heterocycles. The molecule has 4 rings (SSSR count). The molecule has 0 aromatic heterocycles. The van der Waals surface area contributed by atoms with E-state index in [4.69, 9.17) is 21.6 Å². The summed E-state index contributed by atoms with van der Waals surface area (Å²) in [6.07, 6.45) is 0. The van der Waals surface area contributed by atoms with Crippen LogP contribution in [0.3, 0.4) is 0 Å². The Bertz CT molecular complexity index is 1250. The first-order valence-corrected chi connectivity index (χ1v) is 9.70. The van der Waals surface area contributed by atoms with E-state index in [1.165, 1.54) is 7.11 Å². The molecule has 152 valence electrons. The minimum absolute atomic E-state index is 0.112. The number of nitriles is 1. The second-order valence-electron chi connectivity index (χ2n) is 6.69. The highest BCUT2D eigenvalue weighted by molar-refractivity contribution is 6.46. The van der Waals surface area contributed by atoms with Crippen molar-refractivity contribution in [3.63, 3.8) is 0 Å². The maximum atomic E-state index is 13.4. The van der Waals surface area contributed by atoms with E-state index in [1.807, 2.05) is 12.1 Å². The highest BCUT2D eigenvalue weighted by Gasteiger charge is 2.40. The van der Waals surface area contributed by atoms with E-state index in [9.17, 15) is 9.59 Å². The summed E-state index contributed by atoms with van der Waals surface area (Å²) in [4.78, 5) is 27.9. The largest absolute Gasteiger partial charge is 0.495 e. The molecule has 31 heavy (non-hydrogen) atoms. The SMILES string of the molecule is COc1ccc(Cl)cc1NC1=C(c2ccccc2)C(=O)N(c2ccc(C#N)cc2)C1=O. The highest BCUT2D eigenvalue weighted by Crippen LogP contribution is 2.36. The van der Waals surface area contributed by atoms with Crippen LogP contribution < -0.4 is 15.0 Å². The van der Waals surface area contributed by atoms with Crippen molar-refractivity contribution in [2.24, 2.45) is 0 Å². The van der Waals surface area contributed by atoms with Gasteiger partial charge in [0.25, 0.3) is 11.8 Å². The monoisotopic (exact) mass is 429 g/mol. The fourth-order valence-electron chi connectivity index (χ4n) is 3.35. The second kappa shape index (κ2) is 8.34. The molecule has 2 amide bonds. The summed E-state index contributed by atoms with van der Waals surface area (Å²) in [5, 5.41) is 12.5. The topological polar surface area (TPSA) is 82.4 Å². The van der Waals surface area contributed by atoms with Crippen LogP contribution in [0.1, 0.15) is 11.1 Å². The zero-order chi connectivity index (χ0) is 22.0. The quantitative estimate of drug-likeness (QED) is 0.598. The zero-order valence-corrected chi connectivity index (χ0v) is 17.2. The number of rotatable bonds is 5. The fourth-order valence-corrected chi connectivity index (χ4v) is 3.52. The molecule has 3 aromatic carbocycles. The molecule has 0 unspecified atom stereocenters. The van der Waals surface area contributed by atoms with Crippen LogP contribution >= 0.6 is 11.6 Å². The van der Waals surface area contributed by atoms with E-state index in [-0.39, 0.29) is 11.3 Å². The summed E-state index contributed by atoms with van der Waals surface area (Å²) in [7, 11) is 1.51. The van der Waals surface area contributed by atoms with Crippen molar-refractivity contribution in [1.82, 2.24) is 0 Å². The van der Waals surface area contributed by atoms with Gasteiger partial charge in [0.05, 0.1) is 35.7 Å². The van der Waals surface area contributed by atoms with Gasteiger partial charge in [-0.05, 0) is 48.0 Å². The molecule has 3 aromatic rings. The number of methoxy groups -OCH3 is 1. The number of halogens is 1. The maximum absolute atomic E-state index is 13.4. The number of imide groups is 1. The summed E-state index contributed by atoms with van der Waals surface area (Å²) in [6.45, 7) is 0. The summed E-state index contributed by atoms with van der Waals surface area (Å²) < 4.78 is 5.37. The Hall–Kier alpha value is -4.08. The van der Waals surface area contributed by atoms with E-state index < -0.39 is 11.8 Å². The van der Waals surface area contributed by atoms with Gasteiger partial charge in [-0.15, -0.1) is 0 Å². The number of nitrogens with one attached hydrogen (secondary N) is 1. The lowest BCUT2D eigenvalue weighted by atomic mass is 10.0. The first-order chi connectivity index (χ1) is 15.0. The number of hydrogen-bond donors (Lipinski definition) is 1. The van der Waals surface area contributed by atoms with E-state index in [0.29, 0.717) is 33.3 Å². The normalized spacial score (nSPS) is 13.4. The van der Waals surface area contributed by atoms with Crippen molar-refractivity contribution in [3.8, 4) is 11.8 Å². The first kappa shape index (κ1) is 20.2. The van der Waals surface area contributed by atoms with E-state index in [2.05, 4.69) is 5.32 Å². The van der Waals surface area contributed by atoms with Crippen molar-refractivity contribution in [1.29, 1.82) is 5.26 Å². The maximum Gasteiger partial charge on any atom is 0.282 e. The van der Waals surface area contributed by atoms with Gasteiger partial charge in [0.2, 0.25) is 0 Å². The fraction of sp³-hybridized carbons (Fsp3) is 0.0417. The molecule has 0 saturated carbocycles. The molecule has 0 atom stereocenters. The smallest absolute Gasteiger partial charge is 0.282 e. The molecule has 7 heteroatoms. The highest BCUT2D eigenvalue weighted by atomic mass is 35.5. The van der Waals surface area contributed by atoms with Crippen LogP contribution in [-0.4, -0.2) is 18.9 Å². The van der Waals surface area contributed by atoms with Gasteiger partial charge < -0.3 is 10.1 Å². The summed E-state index contributed by atoms with van der Waals surface area (Å²) in [6, 6.07) is 22.2. The predicted octanol–water partition coefficient (Wildman–Crippen LogP) is 4.62. The third-order valence-electron chi connectivity index (χ3n) is 4.82. The van der Waals surface area contributed by atoms with E-state index in [0.717, 1.165) is 4.90 Å². The number of amides is 2. The van der Waals surface area contributed by atoms with Crippen LogP contribution in [0.4, 0.5) is 11.4 Å². The molecule has 0 radical (unpaired) electrons. The molecular weight excluding hydrogens is 414 g/mol. The number of anilines is 2. The minimum Gasteiger partial charge on any atom is -0.495 e. The number of ether oxygens (including phenoxy) is 1. The van der Waals surface area contributed by atoms with Gasteiger partial charge >= 0.3 is 0 Å². The van der Waals surface area contributed by atoms with Gasteiger partial charge in [0, 0.05) is 5.02 Å². The number of carbonyl (C=O) groups is 2. The molecule has 1 aliphatic rings. The lowest BCUT2D eigenvalue weighted by Crippen LogP contribution is -2.32. The Morgan fingerprint density at radius 1 is 0.968 bits per heavy atom. The number of nitrogens with zero attached hydrogens (tertiary/aromatic N) is 2. The molecule has 0 saturated heterocycles. The lowest BCUT2D eigenvalue weighted by Gasteiger charge is -2.16. The van der Waals surface area contributed by atoms with Gasteiger partial charge in [-0.2, -0.15) is 5.26 Å². The Kier molecular flexibility index (Phi) is 5.44. The molecule has 0 bridgehead atoms. The lowest BCUT2D eigenvalue weighted by molar-refractivity contribution is -0.120. The van der Waals surface area contributed by atoms with Crippen molar-refractivity contribution in [3.05, 3.63) is 94.6 Å². The Morgan fingerprint density at radius 2 is 1.68 bits per heavy atom. The Morgan fingerprint density at radius 3 is 2.32 bits per heavy atom. The average molecular weight is 430 g/mol. The van der Waals surface area contributed by atoms with Gasteiger partial charge in [0.1, 0.15) is 11.4 Å². The van der Waals surface area contributed by atoms with Crippen LogP contribution in [-0.2, 0) is 9.59 Å². The standard InChI is InChI=1S/C24H16ClN3O3/c1-31-20-12-9-17(25)13-19(20)27-22-21(16-5-3-2-4-6-16)23(29)28(24(22)30)18-10-7-15(14-26)8-11-18/h2-13,27H,1H3. The molecule has 0 fully saturated rings. The van der Waals surface area contributed by atoms with Crippen molar-refractivity contribution in [2.45, 2.75) is 0 Å². The number of benzene rings is 3. The molecule has 1 N–H and O–H groups in total. The van der Waals surface area contributed by atoms with Crippen molar-refractivity contribution < 1.29 is 14.3 Å². The third-order valence-corrected chi connectivity index (χ3v) is 5.06. The van der Waals surface area contributed by atoms with Crippen LogP contribution in [0.2, 0.25) is 5.02 Å². The summed E-state index contributed by atoms with van der Waals surface area (Å²) in [5.74, 6) is -0.513. The molecule has 6 nitrogen and oxygen atoms in total. The number of hydrogen-bond acceptors (Lipinski definition) is 5. The summed E-state index contributed by atoms with van der Waals surface area (Å²) in [5.41, 5.74) is 2.21. The zero-order valence-electron chi connectivity index (χ0n) is 16.4. The molecule has 1 heterocycles. The minimum atomic E-state index is -0.518. The summed E-state index contributed by atoms with van der Waals surface area (Å²) >= 11 is 6.13. The number of carbonyl (C=O) groups excluding carboxylic acids is 2.